The standard InChI is InChI=1S/C10H11N3O3/c1-13-7(5-8(14)15)12-9-6(16-2)3-4-11-10(9)13/h3-4H,5H2,1-2H3,(H,14,15). The molecule has 6 heteroatoms. The minimum atomic E-state index is -0.919. The molecule has 0 fully saturated rings. The Bertz CT molecular complexity index is 547. The number of aryl methyl sites for hydroxylation is 1. The predicted octanol–water partition coefficient (Wildman–Crippen LogP) is 0.604. The molecule has 0 atom stereocenters. The minimum absolute atomic E-state index is 0.129. The molecule has 2 rings (SSSR count). The molecule has 0 saturated carbocycles. The molecule has 0 bridgehead atoms. The lowest BCUT2D eigenvalue weighted by atomic mass is 10.4. The minimum Gasteiger partial charge on any atom is -0.494 e. The van der Waals surface area contributed by atoms with Crippen LogP contribution < -0.4 is 4.74 Å². The van der Waals surface area contributed by atoms with Crippen molar-refractivity contribution in [2.75, 3.05) is 7.11 Å². The van der Waals surface area contributed by atoms with Crippen molar-refractivity contribution in [2.24, 2.45) is 7.05 Å². The summed E-state index contributed by atoms with van der Waals surface area (Å²) in [6.45, 7) is 0. The second kappa shape index (κ2) is 3.80. The summed E-state index contributed by atoms with van der Waals surface area (Å²) in [5.74, 6) is 0.133. The molecule has 0 radical (unpaired) electrons. The number of carbonyl (C=O) groups is 1. The number of aliphatic carboxylic acids is 1. The number of fused-ring (bicyclic) bond motifs is 1. The van der Waals surface area contributed by atoms with Gasteiger partial charge in [0.25, 0.3) is 0 Å². The van der Waals surface area contributed by atoms with Crippen LogP contribution in [0.5, 0.6) is 5.75 Å². The highest BCUT2D eigenvalue weighted by Crippen LogP contribution is 2.23. The maximum absolute atomic E-state index is 10.6. The highest BCUT2D eigenvalue weighted by molar-refractivity contribution is 5.80. The zero-order valence-electron chi connectivity index (χ0n) is 8.97. The van der Waals surface area contributed by atoms with E-state index < -0.39 is 5.97 Å². The first-order chi connectivity index (χ1) is 7.63. The highest BCUT2D eigenvalue weighted by atomic mass is 16.5. The first-order valence-electron chi connectivity index (χ1n) is 4.69. The monoisotopic (exact) mass is 221 g/mol. The summed E-state index contributed by atoms with van der Waals surface area (Å²) >= 11 is 0. The van der Waals surface area contributed by atoms with E-state index in [1.54, 1.807) is 31.0 Å². The van der Waals surface area contributed by atoms with Gasteiger partial charge in [0.15, 0.2) is 5.65 Å². The summed E-state index contributed by atoms with van der Waals surface area (Å²) in [5, 5.41) is 8.74. The Morgan fingerprint density at radius 2 is 2.38 bits per heavy atom. The molecular formula is C10H11N3O3. The fourth-order valence-corrected chi connectivity index (χ4v) is 1.56. The predicted molar refractivity (Wildman–Crippen MR) is 56.4 cm³/mol. The zero-order valence-corrected chi connectivity index (χ0v) is 8.97. The molecule has 0 aromatic carbocycles. The fraction of sp³-hybridized carbons (Fsp3) is 0.300. The van der Waals surface area contributed by atoms with E-state index in [9.17, 15) is 4.79 Å². The molecule has 1 N–H and O–H groups in total. The Morgan fingerprint density at radius 1 is 1.62 bits per heavy atom. The molecule has 0 saturated heterocycles. The molecule has 2 heterocycles. The van der Waals surface area contributed by atoms with Gasteiger partial charge in [-0.05, 0) is 0 Å². The molecule has 16 heavy (non-hydrogen) atoms. The van der Waals surface area contributed by atoms with Crippen molar-refractivity contribution in [3.8, 4) is 5.75 Å². The third-order valence-electron chi connectivity index (χ3n) is 2.34. The number of imidazole rings is 1. The highest BCUT2D eigenvalue weighted by Gasteiger charge is 2.14. The van der Waals surface area contributed by atoms with Gasteiger partial charge in [0, 0.05) is 19.3 Å². The topological polar surface area (TPSA) is 77.2 Å². The summed E-state index contributed by atoms with van der Waals surface area (Å²) in [5.41, 5.74) is 1.21. The Balaban J connectivity index is 2.62. The first kappa shape index (κ1) is 10.4. The Hall–Kier alpha value is -2.11. The molecule has 0 unspecified atom stereocenters. The number of aromatic nitrogens is 3. The average Bonchev–Trinajstić information content (AvgIpc) is 2.55. The molecule has 0 aliphatic carbocycles. The Labute approximate surface area is 91.5 Å². The van der Waals surface area contributed by atoms with Crippen molar-refractivity contribution < 1.29 is 14.6 Å². The van der Waals surface area contributed by atoms with Crippen molar-refractivity contribution in [2.45, 2.75) is 6.42 Å². The smallest absolute Gasteiger partial charge is 0.311 e. The van der Waals surface area contributed by atoms with Gasteiger partial charge in [-0.1, -0.05) is 0 Å². The third-order valence-corrected chi connectivity index (χ3v) is 2.34. The van der Waals surface area contributed by atoms with E-state index in [0.717, 1.165) is 0 Å². The van der Waals surface area contributed by atoms with Gasteiger partial charge >= 0.3 is 5.97 Å². The average molecular weight is 221 g/mol. The molecule has 2 aromatic rings. The lowest BCUT2D eigenvalue weighted by Crippen LogP contribution is -2.06. The van der Waals surface area contributed by atoms with Crippen LogP contribution in [0.15, 0.2) is 12.3 Å². The van der Waals surface area contributed by atoms with Crippen molar-refractivity contribution in [3.05, 3.63) is 18.1 Å². The van der Waals surface area contributed by atoms with Crippen molar-refractivity contribution in [1.82, 2.24) is 14.5 Å². The molecule has 0 aliphatic heterocycles. The van der Waals surface area contributed by atoms with E-state index in [-0.39, 0.29) is 6.42 Å². The van der Waals surface area contributed by atoms with Gasteiger partial charge in [0.05, 0.1) is 7.11 Å². The summed E-state index contributed by atoms with van der Waals surface area (Å²) < 4.78 is 6.80. The molecule has 0 amide bonds. The number of ether oxygens (including phenoxy) is 1. The van der Waals surface area contributed by atoms with Crippen LogP contribution in [0.3, 0.4) is 0 Å². The molecule has 0 aliphatic rings. The van der Waals surface area contributed by atoms with Gasteiger partial charge in [-0.2, -0.15) is 0 Å². The van der Waals surface area contributed by atoms with Gasteiger partial charge in [-0.3, -0.25) is 4.79 Å². The number of hydrogen-bond acceptors (Lipinski definition) is 4. The molecule has 84 valence electrons. The first-order valence-corrected chi connectivity index (χ1v) is 4.69. The lowest BCUT2D eigenvalue weighted by Gasteiger charge is -1.99. The van der Waals surface area contributed by atoms with E-state index in [4.69, 9.17) is 9.84 Å². The normalized spacial score (nSPS) is 10.6. The number of methoxy groups -OCH3 is 1. The Morgan fingerprint density at radius 3 is 3.00 bits per heavy atom. The van der Waals surface area contributed by atoms with Crippen LogP contribution in [0.2, 0.25) is 0 Å². The number of nitrogens with zero attached hydrogens (tertiary/aromatic N) is 3. The van der Waals surface area contributed by atoms with Crippen LogP contribution in [-0.2, 0) is 18.3 Å². The van der Waals surface area contributed by atoms with E-state index >= 15 is 0 Å². The summed E-state index contributed by atoms with van der Waals surface area (Å²) in [6.07, 6.45) is 1.48. The van der Waals surface area contributed by atoms with E-state index in [0.29, 0.717) is 22.7 Å². The van der Waals surface area contributed by atoms with Gasteiger partial charge < -0.3 is 14.4 Å². The van der Waals surface area contributed by atoms with Crippen LogP contribution >= 0.6 is 0 Å². The van der Waals surface area contributed by atoms with E-state index in [1.165, 1.54) is 0 Å². The lowest BCUT2D eigenvalue weighted by molar-refractivity contribution is -0.136. The maximum Gasteiger partial charge on any atom is 0.311 e. The zero-order chi connectivity index (χ0) is 11.7. The SMILES string of the molecule is COc1ccnc2c1nc(CC(=O)O)n2C. The van der Waals surface area contributed by atoms with E-state index in [2.05, 4.69) is 9.97 Å². The molecule has 0 spiro atoms. The number of carboxylic acids is 1. The molecule has 2 aromatic heterocycles. The van der Waals surface area contributed by atoms with E-state index in [1.807, 2.05) is 0 Å². The van der Waals surface area contributed by atoms with Gasteiger partial charge in [-0.15, -0.1) is 0 Å². The van der Waals surface area contributed by atoms with Gasteiger partial charge in [0.2, 0.25) is 0 Å². The Kier molecular flexibility index (Phi) is 2.47. The number of hydrogen-bond donors (Lipinski definition) is 1. The quantitative estimate of drug-likeness (QED) is 0.821. The van der Waals surface area contributed by atoms with Crippen molar-refractivity contribution in [3.63, 3.8) is 0 Å². The van der Waals surface area contributed by atoms with Crippen molar-refractivity contribution in [1.29, 1.82) is 0 Å². The largest absolute Gasteiger partial charge is 0.494 e. The fourth-order valence-electron chi connectivity index (χ4n) is 1.56. The number of pyridine rings is 1. The summed E-state index contributed by atoms with van der Waals surface area (Å²) in [4.78, 5) is 19.0. The number of carboxylic acid groups (broad SMARTS) is 1. The molecule has 6 nitrogen and oxygen atoms in total. The van der Waals surface area contributed by atoms with Gasteiger partial charge in [0.1, 0.15) is 23.5 Å². The number of rotatable bonds is 3. The van der Waals surface area contributed by atoms with Crippen LogP contribution in [0.25, 0.3) is 11.2 Å². The summed E-state index contributed by atoms with van der Waals surface area (Å²) in [7, 11) is 3.28. The molecular weight excluding hydrogens is 210 g/mol. The second-order valence-corrected chi connectivity index (χ2v) is 3.34. The van der Waals surface area contributed by atoms with Crippen LogP contribution in [0, 0.1) is 0 Å². The van der Waals surface area contributed by atoms with Crippen LogP contribution in [0.4, 0.5) is 0 Å². The summed E-state index contributed by atoms with van der Waals surface area (Å²) in [6, 6.07) is 1.69. The third kappa shape index (κ3) is 1.58. The van der Waals surface area contributed by atoms with Gasteiger partial charge in [-0.25, -0.2) is 9.97 Å². The maximum atomic E-state index is 10.6. The van der Waals surface area contributed by atoms with Crippen molar-refractivity contribution >= 4 is 17.1 Å². The van der Waals surface area contributed by atoms with Crippen LogP contribution in [-0.4, -0.2) is 32.7 Å². The second-order valence-electron chi connectivity index (χ2n) is 3.34. The van der Waals surface area contributed by atoms with Crippen LogP contribution in [0.1, 0.15) is 5.82 Å².